The number of hydrogen-bond acceptors (Lipinski definition) is 2. The van der Waals surface area contributed by atoms with Gasteiger partial charge in [0.05, 0.1) is 10.6 Å². The van der Waals surface area contributed by atoms with E-state index < -0.39 is 0 Å². The van der Waals surface area contributed by atoms with Crippen molar-refractivity contribution in [3.05, 3.63) is 33.3 Å². The van der Waals surface area contributed by atoms with Crippen LogP contribution in [0.2, 0.25) is 5.02 Å². The Balaban J connectivity index is 2.03. The summed E-state index contributed by atoms with van der Waals surface area (Å²) in [6, 6.07) is 5.33. The SMILES string of the molecule is O=C1CCC(NC(=O)c2cccc(Br)c2Cl)CC1. The Morgan fingerprint density at radius 3 is 2.67 bits per heavy atom. The summed E-state index contributed by atoms with van der Waals surface area (Å²) in [5.74, 6) is 0.0987. The highest BCUT2D eigenvalue weighted by molar-refractivity contribution is 9.10. The number of Topliss-reactive ketones (excluding diaryl/α,β-unsaturated/α-hetero) is 1. The first-order chi connectivity index (χ1) is 8.58. The summed E-state index contributed by atoms with van der Waals surface area (Å²) in [4.78, 5) is 23.2. The zero-order valence-corrected chi connectivity index (χ0v) is 12.1. The van der Waals surface area contributed by atoms with Crippen LogP contribution in [0.5, 0.6) is 0 Å². The van der Waals surface area contributed by atoms with E-state index in [1.165, 1.54) is 0 Å². The van der Waals surface area contributed by atoms with Crippen LogP contribution in [0.4, 0.5) is 0 Å². The van der Waals surface area contributed by atoms with Gasteiger partial charge in [0.15, 0.2) is 0 Å². The first kappa shape index (κ1) is 13.6. The number of nitrogens with one attached hydrogen (secondary N) is 1. The van der Waals surface area contributed by atoms with E-state index in [1.807, 2.05) is 0 Å². The van der Waals surface area contributed by atoms with E-state index in [0.29, 0.717) is 27.9 Å². The molecule has 96 valence electrons. The molecule has 0 saturated heterocycles. The number of halogens is 2. The molecule has 1 N–H and O–H groups in total. The van der Waals surface area contributed by atoms with Crippen LogP contribution in [0.15, 0.2) is 22.7 Å². The zero-order valence-electron chi connectivity index (χ0n) is 9.71. The lowest BCUT2D eigenvalue weighted by molar-refractivity contribution is -0.120. The average molecular weight is 331 g/mol. The number of carbonyl (C=O) groups excluding carboxylic acids is 2. The fourth-order valence-corrected chi connectivity index (χ4v) is 2.60. The summed E-state index contributed by atoms with van der Waals surface area (Å²) < 4.78 is 0.704. The third-order valence-electron chi connectivity index (χ3n) is 3.07. The Bertz CT molecular complexity index is 480. The number of carbonyl (C=O) groups is 2. The molecule has 0 spiro atoms. The van der Waals surface area contributed by atoms with Crippen LogP contribution in [-0.4, -0.2) is 17.7 Å². The van der Waals surface area contributed by atoms with Gasteiger partial charge in [-0.1, -0.05) is 17.7 Å². The van der Waals surface area contributed by atoms with Crippen molar-refractivity contribution in [3.8, 4) is 0 Å². The van der Waals surface area contributed by atoms with Gasteiger partial charge in [0.1, 0.15) is 5.78 Å². The van der Waals surface area contributed by atoms with E-state index in [1.54, 1.807) is 18.2 Å². The standard InChI is InChI=1S/C13H13BrClNO2/c14-11-3-1-2-10(12(11)15)13(18)16-8-4-6-9(17)7-5-8/h1-3,8H,4-7H2,(H,16,18). The monoisotopic (exact) mass is 329 g/mol. The average Bonchev–Trinajstić information content (AvgIpc) is 2.35. The smallest absolute Gasteiger partial charge is 0.253 e. The van der Waals surface area contributed by atoms with Gasteiger partial charge < -0.3 is 5.32 Å². The Labute approximate surface area is 119 Å². The topological polar surface area (TPSA) is 46.2 Å². The summed E-state index contributed by atoms with van der Waals surface area (Å²) in [5, 5.41) is 3.35. The number of hydrogen-bond donors (Lipinski definition) is 1. The number of rotatable bonds is 2. The molecule has 0 radical (unpaired) electrons. The molecule has 1 fully saturated rings. The lowest BCUT2D eigenvalue weighted by atomic mass is 9.94. The molecule has 1 aromatic rings. The van der Waals surface area contributed by atoms with Crippen molar-refractivity contribution in [2.75, 3.05) is 0 Å². The van der Waals surface area contributed by atoms with E-state index in [9.17, 15) is 9.59 Å². The second kappa shape index (κ2) is 5.85. The highest BCUT2D eigenvalue weighted by atomic mass is 79.9. The minimum absolute atomic E-state index is 0.0743. The van der Waals surface area contributed by atoms with Crippen molar-refractivity contribution in [2.24, 2.45) is 0 Å². The maximum absolute atomic E-state index is 12.1. The minimum Gasteiger partial charge on any atom is -0.349 e. The summed E-state index contributed by atoms with van der Waals surface area (Å²) >= 11 is 9.36. The molecule has 1 aromatic carbocycles. The van der Waals surface area contributed by atoms with E-state index in [-0.39, 0.29) is 17.7 Å². The molecule has 0 atom stereocenters. The molecule has 3 nitrogen and oxygen atoms in total. The predicted molar refractivity (Wildman–Crippen MR) is 73.9 cm³/mol. The van der Waals surface area contributed by atoms with Gasteiger partial charge in [-0.2, -0.15) is 0 Å². The quantitative estimate of drug-likeness (QED) is 0.904. The van der Waals surface area contributed by atoms with Crippen LogP contribution in [0.25, 0.3) is 0 Å². The van der Waals surface area contributed by atoms with Crippen LogP contribution in [0, 0.1) is 0 Å². The van der Waals surface area contributed by atoms with Gasteiger partial charge in [-0.05, 0) is 40.9 Å². The van der Waals surface area contributed by atoms with Gasteiger partial charge in [-0.15, -0.1) is 0 Å². The van der Waals surface area contributed by atoms with Crippen molar-refractivity contribution in [3.63, 3.8) is 0 Å². The highest BCUT2D eigenvalue weighted by Crippen LogP contribution is 2.26. The molecule has 1 amide bonds. The molecule has 0 heterocycles. The first-order valence-electron chi connectivity index (χ1n) is 5.84. The summed E-state index contributed by atoms with van der Waals surface area (Å²) in [6.07, 6.45) is 2.54. The third kappa shape index (κ3) is 3.12. The maximum atomic E-state index is 12.1. The van der Waals surface area contributed by atoms with Crippen molar-refractivity contribution >= 4 is 39.2 Å². The molecule has 1 aliphatic carbocycles. The molecule has 2 rings (SSSR count). The Hall–Kier alpha value is -0.870. The molecular weight excluding hydrogens is 318 g/mol. The Morgan fingerprint density at radius 2 is 2.00 bits per heavy atom. The molecule has 0 aromatic heterocycles. The van der Waals surface area contributed by atoms with Crippen LogP contribution in [-0.2, 0) is 4.79 Å². The van der Waals surface area contributed by atoms with Gasteiger partial charge in [0, 0.05) is 23.4 Å². The van der Waals surface area contributed by atoms with Crippen LogP contribution in [0.1, 0.15) is 36.0 Å². The van der Waals surface area contributed by atoms with Gasteiger partial charge in [0.25, 0.3) is 5.91 Å². The van der Waals surface area contributed by atoms with Gasteiger partial charge in [-0.25, -0.2) is 0 Å². The molecule has 5 heteroatoms. The molecular formula is C13H13BrClNO2. The number of amides is 1. The van der Waals surface area contributed by atoms with E-state index in [0.717, 1.165) is 12.8 Å². The van der Waals surface area contributed by atoms with Crippen molar-refractivity contribution in [1.29, 1.82) is 0 Å². The normalized spacial score (nSPS) is 16.7. The molecule has 1 saturated carbocycles. The van der Waals surface area contributed by atoms with Gasteiger partial charge in [-0.3, -0.25) is 9.59 Å². The lowest BCUT2D eigenvalue weighted by Gasteiger charge is -2.22. The number of benzene rings is 1. The Morgan fingerprint density at radius 1 is 1.33 bits per heavy atom. The fourth-order valence-electron chi connectivity index (χ4n) is 2.03. The maximum Gasteiger partial charge on any atom is 0.253 e. The summed E-state index contributed by atoms with van der Waals surface area (Å²) in [6.45, 7) is 0. The number of ketones is 1. The van der Waals surface area contributed by atoms with Crippen molar-refractivity contribution < 1.29 is 9.59 Å². The molecule has 0 bridgehead atoms. The van der Waals surface area contributed by atoms with Gasteiger partial charge >= 0.3 is 0 Å². The molecule has 0 aliphatic heterocycles. The van der Waals surface area contributed by atoms with Crippen molar-refractivity contribution in [2.45, 2.75) is 31.7 Å². The van der Waals surface area contributed by atoms with E-state index in [4.69, 9.17) is 11.6 Å². The highest BCUT2D eigenvalue weighted by Gasteiger charge is 2.21. The lowest BCUT2D eigenvalue weighted by Crippen LogP contribution is -2.37. The molecule has 1 aliphatic rings. The largest absolute Gasteiger partial charge is 0.349 e. The van der Waals surface area contributed by atoms with Crippen LogP contribution < -0.4 is 5.32 Å². The third-order valence-corrected chi connectivity index (χ3v) is 4.37. The molecule has 18 heavy (non-hydrogen) atoms. The Kier molecular flexibility index (Phi) is 4.40. The van der Waals surface area contributed by atoms with Crippen LogP contribution >= 0.6 is 27.5 Å². The second-order valence-corrected chi connectivity index (χ2v) is 5.62. The summed E-state index contributed by atoms with van der Waals surface area (Å²) in [7, 11) is 0. The van der Waals surface area contributed by atoms with Crippen molar-refractivity contribution in [1.82, 2.24) is 5.32 Å². The minimum atomic E-state index is -0.180. The molecule has 0 unspecified atom stereocenters. The van der Waals surface area contributed by atoms with E-state index in [2.05, 4.69) is 21.2 Å². The van der Waals surface area contributed by atoms with E-state index >= 15 is 0 Å². The van der Waals surface area contributed by atoms with Crippen LogP contribution in [0.3, 0.4) is 0 Å². The first-order valence-corrected chi connectivity index (χ1v) is 7.01. The zero-order chi connectivity index (χ0) is 13.1. The fraction of sp³-hybridized carbons (Fsp3) is 0.385. The second-order valence-electron chi connectivity index (χ2n) is 4.39. The summed E-state index contributed by atoms with van der Waals surface area (Å²) in [5.41, 5.74) is 0.461. The van der Waals surface area contributed by atoms with Gasteiger partial charge in [0.2, 0.25) is 0 Å². The predicted octanol–water partition coefficient (Wildman–Crippen LogP) is 3.34.